The zero-order valence-corrected chi connectivity index (χ0v) is 12.8. The van der Waals surface area contributed by atoms with E-state index in [1.807, 2.05) is 0 Å². The van der Waals surface area contributed by atoms with Crippen molar-refractivity contribution in [2.24, 2.45) is 0 Å². The number of hydrogen-bond acceptors (Lipinski definition) is 2. The van der Waals surface area contributed by atoms with Crippen molar-refractivity contribution in [1.29, 1.82) is 0 Å². The summed E-state index contributed by atoms with van der Waals surface area (Å²) in [6.07, 6.45) is 0. The first kappa shape index (κ1) is 14.7. The lowest BCUT2D eigenvalue weighted by atomic mass is 10.2. The summed E-state index contributed by atoms with van der Waals surface area (Å²) in [5.41, 5.74) is 6.96. The molecule has 0 aliphatic carbocycles. The Balaban J connectivity index is 2.30. The van der Waals surface area contributed by atoms with E-state index in [9.17, 15) is 4.21 Å². The molecule has 2 nitrogen and oxygen atoms in total. The molecule has 2 N–H and O–H groups in total. The van der Waals surface area contributed by atoms with Gasteiger partial charge in [0.2, 0.25) is 0 Å². The average Bonchev–Trinajstić information content (AvgIpc) is 2.36. The number of halogens is 3. The second-order valence-corrected chi connectivity index (χ2v) is 6.61. The molecule has 100 valence electrons. The summed E-state index contributed by atoms with van der Waals surface area (Å²) in [6.45, 7) is 0. The van der Waals surface area contributed by atoms with Crippen LogP contribution in [0.1, 0.15) is 5.56 Å². The molecule has 0 saturated carbocycles. The Morgan fingerprint density at radius 2 is 1.63 bits per heavy atom. The van der Waals surface area contributed by atoms with Gasteiger partial charge in [0, 0.05) is 20.8 Å². The monoisotopic (exact) mass is 333 g/mol. The molecule has 0 fully saturated rings. The van der Waals surface area contributed by atoms with Crippen LogP contribution in [0.5, 0.6) is 0 Å². The lowest BCUT2D eigenvalue weighted by Gasteiger charge is -2.08. The minimum absolute atomic E-state index is 0.240. The van der Waals surface area contributed by atoms with E-state index in [0.717, 1.165) is 0 Å². The summed E-state index contributed by atoms with van der Waals surface area (Å²) < 4.78 is 12.3. The Morgan fingerprint density at radius 1 is 1.00 bits per heavy atom. The molecule has 0 aromatic heterocycles. The van der Waals surface area contributed by atoms with Gasteiger partial charge in [0.15, 0.2) is 0 Å². The topological polar surface area (TPSA) is 43.1 Å². The molecule has 6 heteroatoms. The molecule has 0 aliphatic rings. The molecule has 2 aromatic rings. The normalized spacial score (nSPS) is 12.4. The zero-order valence-electron chi connectivity index (χ0n) is 9.70. The second kappa shape index (κ2) is 6.14. The van der Waals surface area contributed by atoms with E-state index < -0.39 is 10.8 Å². The number of nitrogens with two attached hydrogens (primary N) is 1. The lowest BCUT2D eigenvalue weighted by Crippen LogP contribution is -2.01. The third-order valence-corrected chi connectivity index (χ3v) is 4.77. The average molecular weight is 335 g/mol. The summed E-state index contributed by atoms with van der Waals surface area (Å²) in [4.78, 5) is 0.503. The maximum Gasteiger partial charge on any atom is 0.0635 e. The third kappa shape index (κ3) is 3.63. The van der Waals surface area contributed by atoms with E-state index >= 15 is 0 Å². The van der Waals surface area contributed by atoms with Gasteiger partial charge in [-0.15, -0.1) is 0 Å². The smallest absolute Gasteiger partial charge is 0.0635 e. The fourth-order valence-corrected chi connectivity index (χ4v) is 3.54. The third-order valence-electron chi connectivity index (χ3n) is 2.52. The molecule has 1 unspecified atom stereocenters. The highest BCUT2D eigenvalue weighted by molar-refractivity contribution is 7.84. The number of hydrogen-bond donors (Lipinski definition) is 1. The molecular formula is C13H10Cl3NOS. The van der Waals surface area contributed by atoms with Gasteiger partial charge in [-0.05, 0) is 42.0 Å². The highest BCUT2D eigenvalue weighted by Gasteiger charge is 2.12. The summed E-state index contributed by atoms with van der Waals surface area (Å²) in [5, 5.41) is 1.57. The SMILES string of the molecule is Nc1ccc(Cl)cc1S(=O)Cc1cc(Cl)ccc1Cl. The van der Waals surface area contributed by atoms with Crippen LogP contribution in [0.3, 0.4) is 0 Å². The van der Waals surface area contributed by atoms with Crippen LogP contribution in [0, 0.1) is 0 Å². The number of rotatable bonds is 3. The summed E-state index contributed by atoms with van der Waals surface area (Å²) >= 11 is 17.8. The highest BCUT2D eigenvalue weighted by atomic mass is 35.5. The van der Waals surface area contributed by atoms with E-state index in [4.69, 9.17) is 40.5 Å². The molecule has 0 spiro atoms. The molecular weight excluding hydrogens is 325 g/mol. The predicted octanol–water partition coefficient (Wildman–Crippen LogP) is 4.54. The van der Waals surface area contributed by atoms with Gasteiger partial charge in [-0.3, -0.25) is 4.21 Å². The van der Waals surface area contributed by atoms with Crippen LogP contribution in [-0.4, -0.2) is 4.21 Å². The van der Waals surface area contributed by atoms with Crippen molar-refractivity contribution in [3.8, 4) is 0 Å². The van der Waals surface area contributed by atoms with Crippen molar-refractivity contribution in [2.75, 3.05) is 5.73 Å². The van der Waals surface area contributed by atoms with Gasteiger partial charge in [-0.2, -0.15) is 0 Å². The van der Waals surface area contributed by atoms with E-state index in [1.54, 1.807) is 36.4 Å². The summed E-state index contributed by atoms with van der Waals surface area (Å²) in [5.74, 6) is 0.240. The Morgan fingerprint density at radius 3 is 2.37 bits per heavy atom. The Hall–Kier alpha value is -0.740. The quantitative estimate of drug-likeness (QED) is 0.838. The minimum atomic E-state index is -1.33. The van der Waals surface area contributed by atoms with Crippen molar-refractivity contribution in [3.63, 3.8) is 0 Å². The van der Waals surface area contributed by atoms with Crippen LogP contribution in [0.25, 0.3) is 0 Å². The first-order chi connectivity index (χ1) is 8.97. The van der Waals surface area contributed by atoms with Crippen molar-refractivity contribution < 1.29 is 4.21 Å². The van der Waals surface area contributed by atoms with Crippen LogP contribution < -0.4 is 5.73 Å². The first-order valence-corrected chi connectivity index (χ1v) is 7.80. The standard InChI is InChI=1S/C13H10Cl3NOS/c14-9-1-3-11(16)8(5-9)7-19(18)13-6-10(15)2-4-12(13)17/h1-6H,7,17H2. The van der Waals surface area contributed by atoms with Crippen molar-refractivity contribution >= 4 is 51.3 Å². The number of nitrogen functional groups attached to an aromatic ring is 1. The largest absolute Gasteiger partial charge is 0.398 e. The van der Waals surface area contributed by atoms with Crippen molar-refractivity contribution in [3.05, 3.63) is 57.0 Å². The molecule has 0 bridgehead atoms. The molecule has 19 heavy (non-hydrogen) atoms. The lowest BCUT2D eigenvalue weighted by molar-refractivity contribution is 0.683. The Labute approximate surface area is 128 Å². The zero-order chi connectivity index (χ0) is 14.0. The minimum Gasteiger partial charge on any atom is -0.398 e. The van der Waals surface area contributed by atoms with Crippen LogP contribution in [0.4, 0.5) is 5.69 Å². The number of benzene rings is 2. The Bertz CT molecular complexity index is 646. The number of anilines is 1. The fourth-order valence-electron chi connectivity index (χ4n) is 1.58. The maximum absolute atomic E-state index is 12.3. The van der Waals surface area contributed by atoms with E-state index in [-0.39, 0.29) is 5.75 Å². The van der Waals surface area contributed by atoms with Crippen molar-refractivity contribution in [1.82, 2.24) is 0 Å². The van der Waals surface area contributed by atoms with Gasteiger partial charge in [0.25, 0.3) is 0 Å². The van der Waals surface area contributed by atoms with Crippen LogP contribution >= 0.6 is 34.8 Å². The van der Waals surface area contributed by atoms with Gasteiger partial charge >= 0.3 is 0 Å². The predicted molar refractivity (Wildman–Crippen MR) is 82.4 cm³/mol. The van der Waals surface area contributed by atoms with Gasteiger partial charge in [-0.25, -0.2) is 0 Å². The molecule has 2 rings (SSSR count). The summed E-state index contributed by atoms with van der Waals surface area (Å²) in [7, 11) is -1.33. The van der Waals surface area contributed by atoms with Crippen LogP contribution in [0.2, 0.25) is 15.1 Å². The maximum atomic E-state index is 12.3. The van der Waals surface area contributed by atoms with Gasteiger partial charge < -0.3 is 5.73 Å². The van der Waals surface area contributed by atoms with Gasteiger partial charge in [0.1, 0.15) is 0 Å². The van der Waals surface area contributed by atoms with E-state index in [2.05, 4.69) is 0 Å². The molecule has 0 amide bonds. The van der Waals surface area contributed by atoms with Gasteiger partial charge in [-0.1, -0.05) is 34.8 Å². The van der Waals surface area contributed by atoms with Gasteiger partial charge in [0.05, 0.1) is 21.4 Å². The first-order valence-electron chi connectivity index (χ1n) is 5.34. The molecule has 0 radical (unpaired) electrons. The fraction of sp³-hybridized carbons (Fsp3) is 0.0769. The Kier molecular flexibility index (Phi) is 4.74. The van der Waals surface area contributed by atoms with Crippen LogP contribution in [0.15, 0.2) is 41.3 Å². The van der Waals surface area contributed by atoms with E-state index in [0.29, 0.717) is 31.2 Å². The molecule has 0 saturated heterocycles. The van der Waals surface area contributed by atoms with Crippen molar-refractivity contribution in [2.45, 2.75) is 10.6 Å². The molecule has 2 aromatic carbocycles. The molecule has 0 aliphatic heterocycles. The van der Waals surface area contributed by atoms with E-state index in [1.165, 1.54) is 0 Å². The summed E-state index contributed by atoms with van der Waals surface area (Å²) in [6, 6.07) is 9.95. The second-order valence-electron chi connectivity index (χ2n) is 3.91. The highest BCUT2D eigenvalue weighted by Crippen LogP contribution is 2.27. The van der Waals surface area contributed by atoms with Crippen LogP contribution in [-0.2, 0) is 16.6 Å². The molecule has 1 atom stereocenters. The molecule has 0 heterocycles.